The van der Waals surface area contributed by atoms with Gasteiger partial charge in [0.2, 0.25) is 0 Å². The van der Waals surface area contributed by atoms with Crippen LogP contribution in [0.5, 0.6) is 0 Å². The highest BCUT2D eigenvalue weighted by molar-refractivity contribution is 6.35. The predicted octanol–water partition coefficient (Wildman–Crippen LogP) is 4.34. The summed E-state index contributed by atoms with van der Waals surface area (Å²) < 4.78 is 0. The van der Waals surface area contributed by atoms with Gasteiger partial charge in [-0.1, -0.05) is 59.6 Å². The minimum Gasteiger partial charge on any atom is -0.330 e. The number of benzene rings is 2. The molecule has 2 aromatic rings. The Kier molecular flexibility index (Phi) is 6.52. The average molecular weight is 323 g/mol. The highest BCUT2D eigenvalue weighted by Gasteiger charge is 2.09. The van der Waals surface area contributed by atoms with Gasteiger partial charge in [0.05, 0.1) is 0 Å². The van der Waals surface area contributed by atoms with E-state index in [0.717, 1.165) is 31.6 Å². The number of rotatable bonds is 7. The normalized spacial score (nSPS) is 11.0. The summed E-state index contributed by atoms with van der Waals surface area (Å²) >= 11 is 12.2. The maximum absolute atomic E-state index is 6.27. The fourth-order valence-electron chi connectivity index (χ4n) is 2.26. The first kappa shape index (κ1) is 16.3. The van der Waals surface area contributed by atoms with E-state index in [2.05, 4.69) is 29.2 Å². The summed E-state index contributed by atoms with van der Waals surface area (Å²) in [5.41, 5.74) is 8.03. The van der Waals surface area contributed by atoms with Crippen LogP contribution < -0.4 is 5.73 Å². The highest BCUT2D eigenvalue weighted by Crippen LogP contribution is 2.23. The highest BCUT2D eigenvalue weighted by atomic mass is 35.5. The molecule has 0 fully saturated rings. The molecular weight excluding hydrogens is 303 g/mol. The Labute approximate surface area is 136 Å². The maximum Gasteiger partial charge on any atom is 0.0465 e. The summed E-state index contributed by atoms with van der Waals surface area (Å²) in [6.45, 7) is 3.33. The van der Waals surface area contributed by atoms with Crippen LogP contribution in [0.1, 0.15) is 17.5 Å². The molecule has 112 valence electrons. The minimum atomic E-state index is 0.667. The molecule has 0 radical (unpaired) electrons. The van der Waals surface area contributed by atoms with Crippen LogP contribution in [-0.2, 0) is 13.1 Å². The summed E-state index contributed by atoms with van der Waals surface area (Å²) in [5, 5.41) is 1.38. The molecule has 0 saturated heterocycles. The van der Waals surface area contributed by atoms with Crippen LogP contribution in [0.3, 0.4) is 0 Å². The molecule has 0 aromatic heterocycles. The van der Waals surface area contributed by atoms with E-state index in [1.54, 1.807) is 6.07 Å². The van der Waals surface area contributed by atoms with Crippen molar-refractivity contribution in [2.75, 3.05) is 13.1 Å². The number of nitrogens with zero attached hydrogens (tertiary/aromatic N) is 1. The number of nitrogens with two attached hydrogens (primary N) is 1. The molecule has 0 saturated carbocycles. The molecule has 0 unspecified atom stereocenters. The Bertz CT molecular complexity index is 558. The zero-order chi connectivity index (χ0) is 15.1. The van der Waals surface area contributed by atoms with Crippen molar-refractivity contribution >= 4 is 23.2 Å². The van der Waals surface area contributed by atoms with E-state index in [0.29, 0.717) is 16.6 Å². The van der Waals surface area contributed by atoms with Crippen molar-refractivity contribution in [1.29, 1.82) is 0 Å². The Balaban J connectivity index is 2.08. The zero-order valence-electron chi connectivity index (χ0n) is 11.9. The Morgan fingerprint density at radius 2 is 1.71 bits per heavy atom. The van der Waals surface area contributed by atoms with E-state index in [9.17, 15) is 0 Å². The monoisotopic (exact) mass is 322 g/mol. The van der Waals surface area contributed by atoms with Gasteiger partial charge in [-0.2, -0.15) is 0 Å². The molecule has 0 aliphatic rings. The van der Waals surface area contributed by atoms with Crippen molar-refractivity contribution in [3.05, 3.63) is 69.7 Å². The Morgan fingerprint density at radius 3 is 2.38 bits per heavy atom. The van der Waals surface area contributed by atoms with Crippen LogP contribution in [-0.4, -0.2) is 18.0 Å². The van der Waals surface area contributed by atoms with Gasteiger partial charge in [-0.3, -0.25) is 4.90 Å². The molecule has 2 N–H and O–H groups in total. The molecule has 0 amide bonds. The largest absolute Gasteiger partial charge is 0.330 e. The SMILES string of the molecule is NCCCN(Cc1ccccc1)Cc1ccc(Cl)cc1Cl. The third-order valence-electron chi connectivity index (χ3n) is 3.34. The summed E-state index contributed by atoms with van der Waals surface area (Å²) in [4.78, 5) is 2.36. The second kappa shape index (κ2) is 8.40. The van der Waals surface area contributed by atoms with Crippen LogP contribution in [0, 0.1) is 0 Å². The molecule has 2 nitrogen and oxygen atoms in total. The molecule has 0 aliphatic heterocycles. The Hall–Kier alpha value is -1.06. The quantitative estimate of drug-likeness (QED) is 0.821. The average Bonchev–Trinajstić information content (AvgIpc) is 2.48. The summed E-state index contributed by atoms with van der Waals surface area (Å²) in [7, 11) is 0. The molecule has 0 bridgehead atoms. The number of hydrogen-bond donors (Lipinski definition) is 1. The van der Waals surface area contributed by atoms with Gasteiger partial charge >= 0.3 is 0 Å². The molecule has 0 aliphatic carbocycles. The molecule has 0 spiro atoms. The predicted molar refractivity (Wildman–Crippen MR) is 90.7 cm³/mol. The van der Waals surface area contributed by atoms with Crippen LogP contribution in [0.15, 0.2) is 48.5 Å². The van der Waals surface area contributed by atoms with Gasteiger partial charge in [0.1, 0.15) is 0 Å². The second-order valence-corrected chi connectivity index (χ2v) is 5.92. The van der Waals surface area contributed by atoms with E-state index < -0.39 is 0 Å². The van der Waals surface area contributed by atoms with Crippen LogP contribution in [0.25, 0.3) is 0 Å². The maximum atomic E-state index is 6.27. The molecular formula is C17H20Cl2N2. The van der Waals surface area contributed by atoms with Crippen LogP contribution >= 0.6 is 23.2 Å². The lowest BCUT2D eigenvalue weighted by Crippen LogP contribution is -2.25. The molecule has 2 aromatic carbocycles. The van der Waals surface area contributed by atoms with Crippen molar-refractivity contribution in [2.45, 2.75) is 19.5 Å². The van der Waals surface area contributed by atoms with Crippen molar-refractivity contribution in [3.8, 4) is 0 Å². The standard InChI is InChI=1S/C17H20Cl2N2/c18-16-8-7-15(17(19)11-16)13-21(10-4-9-20)12-14-5-2-1-3-6-14/h1-3,5-8,11H,4,9-10,12-13,20H2. The van der Waals surface area contributed by atoms with Gasteiger partial charge in [0, 0.05) is 29.7 Å². The van der Waals surface area contributed by atoms with Gasteiger partial charge in [-0.25, -0.2) is 0 Å². The lowest BCUT2D eigenvalue weighted by Gasteiger charge is -2.23. The Morgan fingerprint density at radius 1 is 0.952 bits per heavy atom. The fourth-order valence-corrected chi connectivity index (χ4v) is 2.73. The third-order valence-corrected chi connectivity index (χ3v) is 3.92. The van der Waals surface area contributed by atoms with Gasteiger partial charge < -0.3 is 5.73 Å². The second-order valence-electron chi connectivity index (χ2n) is 5.07. The summed E-state index contributed by atoms with van der Waals surface area (Å²) in [6, 6.07) is 16.1. The van der Waals surface area contributed by atoms with E-state index in [1.807, 2.05) is 18.2 Å². The summed E-state index contributed by atoms with van der Waals surface area (Å²) in [6.07, 6.45) is 0.970. The van der Waals surface area contributed by atoms with Gasteiger partial charge in [0.25, 0.3) is 0 Å². The lowest BCUT2D eigenvalue weighted by molar-refractivity contribution is 0.255. The molecule has 0 heterocycles. The first-order valence-corrected chi connectivity index (χ1v) is 7.85. The van der Waals surface area contributed by atoms with Gasteiger partial charge in [-0.15, -0.1) is 0 Å². The molecule has 0 atom stereocenters. The van der Waals surface area contributed by atoms with Crippen LogP contribution in [0.2, 0.25) is 10.0 Å². The van der Waals surface area contributed by atoms with Crippen molar-refractivity contribution in [3.63, 3.8) is 0 Å². The number of hydrogen-bond acceptors (Lipinski definition) is 2. The van der Waals surface area contributed by atoms with E-state index >= 15 is 0 Å². The lowest BCUT2D eigenvalue weighted by atomic mass is 10.1. The van der Waals surface area contributed by atoms with Crippen molar-refractivity contribution in [1.82, 2.24) is 4.90 Å². The molecule has 2 rings (SSSR count). The van der Waals surface area contributed by atoms with Gasteiger partial charge in [-0.05, 0) is 36.2 Å². The fraction of sp³-hybridized carbons (Fsp3) is 0.294. The molecule has 21 heavy (non-hydrogen) atoms. The van der Waals surface area contributed by atoms with E-state index in [4.69, 9.17) is 28.9 Å². The minimum absolute atomic E-state index is 0.667. The molecule has 4 heteroatoms. The van der Waals surface area contributed by atoms with E-state index in [-0.39, 0.29) is 0 Å². The van der Waals surface area contributed by atoms with Crippen molar-refractivity contribution < 1.29 is 0 Å². The first-order valence-electron chi connectivity index (χ1n) is 7.09. The zero-order valence-corrected chi connectivity index (χ0v) is 13.4. The third kappa shape index (κ3) is 5.33. The van der Waals surface area contributed by atoms with Crippen LogP contribution in [0.4, 0.5) is 0 Å². The topological polar surface area (TPSA) is 29.3 Å². The first-order chi connectivity index (χ1) is 10.2. The van der Waals surface area contributed by atoms with E-state index in [1.165, 1.54) is 5.56 Å². The van der Waals surface area contributed by atoms with Gasteiger partial charge in [0.15, 0.2) is 0 Å². The summed E-state index contributed by atoms with van der Waals surface area (Å²) in [5.74, 6) is 0. The van der Waals surface area contributed by atoms with Crippen molar-refractivity contribution in [2.24, 2.45) is 5.73 Å². The smallest absolute Gasteiger partial charge is 0.0465 e. The number of halogens is 2.